The van der Waals surface area contributed by atoms with Crippen LogP contribution in [0.2, 0.25) is 0 Å². The van der Waals surface area contributed by atoms with Crippen LogP contribution < -0.4 is 4.90 Å². The lowest BCUT2D eigenvalue weighted by Crippen LogP contribution is -2.36. The molecule has 0 aliphatic carbocycles. The van der Waals surface area contributed by atoms with Gasteiger partial charge in [-0.3, -0.25) is 4.79 Å². The van der Waals surface area contributed by atoms with Crippen molar-refractivity contribution in [2.24, 2.45) is 0 Å². The summed E-state index contributed by atoms with van der Waals surface area (Å²) >= 11 is 5.50. The highest BCUT2D eigenvalue weighted by Crippen LogP contribution is 2.17. The second kappa shape index (κ2) is 5.32. The minimum absolute atomic E-state index is 0.0322. The summed E-state index contributed by atoms with van der Waals surface area (Å²) in [5, 5.41) is 0. The standard InChI is InChI=1S/C12H14ClNO2/c13-9-12(15)10-1-3-11(4-2-10)14-5-7-16-8-6-14/h1-4H,5-9H2. The van der Waals surface area contributed by atoms with E-state index < -0.39 is 0 Å². The van der Waals surface area contributed by atoms with Crippen LogP contribution in [0.4, 0.5) is 5.69 Å². The van der Waals surface area contributed by atoms with E-state index in [0.717, 1.165) is 32.0 Å². The minimum atomic E-state index is -0.0322. The van der Waals surface area contributed by atoms with Crippen LogP contribution in [-0.2, 0) is 4.74 Å². The number of halogens is 1. The van der Waals surface area contributed by atoms with Gasteiger partial charge >= 0.3 is 0 Å². The molecular weight excluding hydrogens is 226 g/mol. The normalized spacial score (nSPS) is 16.2. The van der Waals surface area contributed by atoms with Gasteiger partial charge in [-0.15, -0.1) is 11.6 Å². The van der Waals surface area contributed by atoms with E-state index in [1.54, 1.807) is 0 Å². The highest BCUT2D eigenvalue weighted by atomic mass is 35.5. The van der Waals surface area contributed by atoms with Gasteiger partial charge in [-0.2, -0.15) is 0 Å². The van der Waals surface area contributed by atoms with E-state index in [0.29, 0.717) is 5.56 Å². The Morgan fingerprint density at radius 1 is 1.25 bits per heavy atom. The van der Waals surface area contributed by atoms with E-state index in [9.17, 15) is 4.79 Å². The van der Waals surface area contributed by atoms with Crippen LogP contribution in [0.1, 0.15) is 10.4 Å². The number of morpholine rings is 1. The summed E-state index contributed by atoms with van der Waals surface area (Å²) in [6, 6.07) is 7.58. The fourth-order valence-corrected chi connectivity index (χ4v) is 1.91. The monoisotopic (exact) mass is 239 g/mol. The lowest BCUT2D eigenvalue weighted by atomic mass is 10.1. The number of nitrogens with zero attached hydrogens (tertiary/aromatic N) is 1. The Kier molecular flexibility index (Phi) is 3.80. The zero-order valence-electron chi connectivity index (χ0n) is 8.99. The Balaban J connectivity index is 2.09. The van der Waals surface area contributed by atoms with Gasteiger partial charge in [0.05, 0.1) is 19.1 Å². The Morgan fingerprint density at radius 2 is 1.88 bits per heavy atom. The molecule has 0 unspecified atom stereocenters. The van der Waals surface area contributed by atoms with E-state index in [1.165, 1.54) is 0 Å². The van der Waals surface area contributed by atoms with Crippen LogP contribution in [0.5, 0.6) is 0 Å². The number of benzene rings is 1. The first-order chi connectivity index (χ1) is 7.81. The maximum Gasteiger partial charge on any atom is 0.177 e. The molecule has 1 aromatic carbocycles. The fourth-order valence-electron chi connectivity index (χ4n) is 1.76. The van der Waals surface area contributed by atoms with E-state index in [2.05, 4.69) is 4.90 Å². The molecule has 1 aliphatic rings. The van der Waals surface area contributed by atoms with Crippen molar-refractivity contribution in [2.45, 2.75) is 0 Å². The van der Waals surface area contributed by atoms with Gasteiger partial charge in [-0.1, -0.05) is 0 Å². The van der Waals surface area contributed by atoms with Crippen molar-refractivity contribution in [3.8, 4) is 0 Å². The van der Waals surface area contributed by atoms with Crippen molar-refractivity contribution >= 4 is 23.1 Å². The molecule has 0 amide bonds. The number of hydrogen-bond donors (Lipinski definition) is 0. The van der Waals surface area contributed by atoms with Crippen molar-refractivity contribution in [2.75, 3.05) is 37.1 Å². The Labute approximate surface area is 100.0 Å². The highest BCUT2D eigenvalue weighted by molar-refractivity contribution is 6.30. The largest absolute Gasteiger partial charge is 0.378 e. The van der Waals surface area contributed by atoms with E-state index >= 15 is 0 Å². The van der Waals surface area contributed by atoms with E-state index in [1.807, 2.05) is 24.3 Å². The van der Waals surface area contributed by atoms with Gasteiger partial charge in [-0.05, 0) is 24.3 Å². The third kappa shape index (κ3) is 2.54. The second-order valence-electron chi connectivity index (χ2n) is 3.70. The molecule has 0 N–H and O–H groups in total. The molecule has 0 aromatic heterocycles. The second-order valence-corrected chi connectivity index (χ2v) is 3.97. The molecule has 16 heavy (non-hydrogen) atoms. The lowest BCUT2D eigenvalue weighted by Gasteiger charge is -2.28. The molecule has 0 bridgehead atoms. The maximum atomic E-state index is 11.3. The number of ketones is 1. The molecule has 4 heteroatoms. The van der Waals surface area contributed by atoms with Crippen LogP contribution in [-0.4, -0.2) is 38.0 Å². The van der Waals surface area contributed by atoms with Crippen molar-refractivity contribution in [3.05, 3.63) is 29.8 Å². The third-order valence-electron chi connectivity index (χ3n) is 2.69. The summed E-state index contributed by atoms with van der Waals surface area (Å²) in [7, 11) is 0. The Bertz CT molecular complexity index is 358. The number of carbonyl (C=O) groups is 1. The van der Waals surface area contributed by atoms with Crippen LogP contribution in [0.15, 0.2) is 24.3 Å². The zero-order chi connectivity index (χ0) is 11.4. The van der Waals surface area contributed by atoms with Crippen LogP contribution in [0.3, 0.4) is 0 Å². The zero-order valence-corrected chi connectivity index (χ0v) is 9.74. The summed E-state index contributed by atoms with van der Waals surface area (Å²) < 4.78 is 5.29. The summed E-state index contributed by atoms with van der Waals surface area (Å²) in [4.78, 5) is 13.6. The molecule has 0 spiro atoms. The van der Waals surface area contributed by atoms with Crippen molar-refractivity contribution in [1.82, 2.24) is 0 Å². The number of carbonyl (C=O) groups excluding carboxylic acids is 1. The van der Waals surface area contributed by atoms with Crippen molar-refractivity contribution < 1.29 is 9.53 Å². The van der Waals surface area contributed by atoms with Crippen LogP contribution >= 0.6 is 11.6 Å². The van der Waals surface area contributed by atoms with Gasteiger partial charge in [0.25, 0.3) is 0 Å². The summed E-state index contributed by atoms with van der Waals surface area (Å²) in [6.45, 7) is 3.34. The number of alkyl halides is 1. The molecule has 1 aromatic rings. The van der Waals surface area contributed by atoms with Crippen molar-refractivity contribution in [3.63, 3.8) is 0 Å². The van der Waals surface area contributed by atoms with Gasteiger partial charge < -0.3 is 9.64 Å². The quantitative estimate of drug-likeness (QED) is 0.597. The molecule has 3 nitrogen and oxygen atoms in total. The molecule has 0 atom stereocenters. The molecule has 1 aliphatic heterocycles. The van der Waals surface area contributed by atoms with Crippen LogP contribution in [0.25, 0.3) is 0 Å². The minimum Gasteiger partial charge on any atom is -0.378 e. The Hall–Kier alpha value is -1.06. The number of Topliss-reactive ketones (excluding diaryl/α,β-unsaturated/α-hetero) is 1. The topological polar surface area (TPSA) is 29.5 Å². The van der Waals surface area contributed by atoms with Gasteiger partial charge in [0.2, 0.25) is 0 Å². The molecule has 86 valence electrons. The molecule has 1 heterocycles. The highest BCUT2D eigenvalue weighted by Gasteiger charge is 2.11. The van der Waals surface area contributed by atoms with E-state index in [4.69, 9.17) is 16.3 Å². The summed E-state index contributed by atoms with van der Waals surface area (Å²) in [6.07, 6.45) is 0. The third-order valence-corrected chi connectivity index (χ3v) is 2.93. The predicted molar refractivity (Wildman–Crippen MR) is 64.5 cm³/mol. The molecule has 0 radical (unpaired) electrons. The summed E-state index contributed by atoms with van der Waals surface area (Å²) in [5.41, 5.74) is 1.81. The number of anilines is 1. The average molecular weight is 240 g/mol. The predicted octanol–water partition coefficient (Wildman–Crippen LogP) is 1.94. The van der Waals surface area contributed by atoms with Gasteiger partial charge in [0, 0.05) is 24.3 Å². The lowest BCUT2D eigenvalue weighted by molar-refractivity contribution is 0.102. The average Bonchev–Trinajstić information content (AvgIpc) is 2.39. The number of ether oxygens (including phenoxy) is 1. The molecule has 1 fully saturated rings. The number of hydrogen-bond acceptors (Lipinski definition) is 3. The van der Waals surface area contributed by atoms with Gasteiger partial charge in [-0.25, -0.2) is 0 Å². The SMILES string of the molecule is O=C(CCl)c1ccc(N2CCOCC2)cc1. The van der Waals surface area contributed by atoms with Crippen molar-refractivity contribution in [1.29, 1.82) is 0 Å². The Morgan fingerprint density at radius 3 is 2.44 bits per heavy atom. The molecule has 1 saturated heterocycles. The molecule has 0 saturated carbocycles. The smallest absolute Gasteiger partial charge is 0.177 e. The first-order valence-corrected chi connectivity index (χ1v) is 5.86. The van der Waals surface area contributed by atoms with Gasteiger partial charge in [0.1, 0.15) is 0 Å². The van der Waals surface area contributed by atoms with E-state index in [-0.39, 0.29) is 11.7 Å². The first kappa shape index (κ1) is 11.4. The fraction of sp³-hybridized carbons (Fsp3) is 0.417. The molecule has 2 rings (SSSR count). The maximum absolute atomic E-state index is 11.3. The first-order valence-electron chi connectivity index (χ1n) is 5.33. The number of rotatable bonds is 3. The van der Waals surface area contributed by atoms with Crippen LogP contribution in [0, 0.1) is 0 Å². The van der Waals surface area contributed by atoms with Gasteiger partial charge in [0.15, 0.2) is 5.78 Å². The summed E-state index contributed by atoms with van der Waals surface area (Å²) in [5.74, 6) is 0.00636. The molecular formula is C12H14ClNO2.